The van der Waals surface area contributed by atoms with Crippen molar-refractivity contribution in [3.05, 3.63) is 22.4 Å². The lowest BCUT2D eigenvalue weighted by molar-refractivity contribution is 0.0465. The fraction of sp³-hybridized carbons (Fsp3) is 0.667. The molecule has 0 spiro atoms. The molecule has 1 heterocycles. The first-order valence-electron chi connectivity index (χ1n) is 7.17. The number of nitrogens with one attached hydrogen (secondary N) is 2. The molecule has 0 saturated heterocycles. The summed E-state index contributed by atoms with van der Waals surface area (Å²) in [6.07, 6.45) is 2.76. The molecule has 0 aromatic carbocycles. The Labute approximate surface area is 124 Å². The van der Waals surface area contributed by atoms with Crippen LogP contribution in [0.1, 0.15) is 38.5 Å². The number of alkyl carbamates (subject to hydrolysis) is 1. The quantitative estimate of drug-likeness (QED) is 0.878. The van der Waals surface area contributed by atoms with Crippen LogP contribution in [0.2, 0.25) is 0 Å². The van der Waals surface area contributed by atoms with E-state index in [1.54, 1.807) is 11.3 Å². The van der Waals surface area contributed by atoms with Crippen molar-refractivity contribution in [1.82, 2.24) is 10.6 Å². The van der Waals surface area contributed by atoms with Gasteiger partial charge in [0.05, 0.1) is 0 Å². The zero-order chi connectivity index (χ0) is 14.6. The lowest BCUT2D eigenvalue weighted by Crippen LogP contribution is -2.53. The van der Waals surface area contributed by atoms with Gasteiger partial charge in [-0.1, -0.05) is 6.07 Å². The second kappa shape index (κ2) is 6.59. The smallest absolute Gasteiger partial charge is 0.407 e. The number of ether oxygens (including phenoxy) is 1. The Bertz CT molecular complexity index is 420. The van der Waals surface area contributed by atoms with Crippen LogP contribution in [0.5, 0.6) is 0 Å². The average molecular weight is 296 g/mol. The van der Waals surface area contributed by atoms with Crippen molar-refractivity contribution >= 4 is 17.4 Å². The molecule has 1 fully saturated rings. The summed E-state index contributed by atoms with van der Waals surface area (Å²) in [7, 11) is 0. The molecule has 0 atom stereocenters. The van der Waals surface area contributed by atoms with Crippen LogP contribution in [0.15, 0.2) is 17.5 Å². The summed E-state index contributed by atoms with van der Waals surface area (Å²) in [6, 6.07) is 5.03. The minimum atomic E-state index is -0.424. The zero-order valence-electron chi connectivity index (χ0n) is 12.4. The molecular weight excluding hydrogens is 272 g/mol. The lowest BCUT2D eigenvalue weighted by Gasteiger charge is -2.36. The summed E-state index contributed by atoms with van der Waals surface area (Å²) >= 11 is 1.80. The molecule has 5 heteroatoms. The predicted octanol–water partition coefficient (Wildman–Crippen LogP) is 2.94. The molecule has 112 valence electrons. The van der Waals surface area contributed by atoms with Gasteiger partial charge in [0.15, 0.2) is 0 Å². The molecule has 2 rings (SSSR count). The molecule has 1 aliphatic carbocycles. The third kappa shape index (κ3) is 5.13. The number of hydrogen-bond acceptors (Lipinski definition) is 4. The molecule has 20 heavy (non-hydrogen) atoms. The second-order valence-electron chi connectivity index (χ2n) is 6.29. The first-order chi connectivity index (χ1) is 9.42. The molecule has 1 aromatic rings. The first kappa shape index (κ1) is 15.3. The van der Waals surface area contributed by atoms with Crippen LogP contribution in [0.25, 0.3) is 0 Å². The van der Waals surface area contributed by atoms with Gasteiger partial charge >= 0.3 is 6.09 Å². The minimum absolute atomic E-state index is 0.254. The topological polar surface area (TPSA) is 50.4 Å². The highest BCUT2D eigenvalue weighted by Gasteiger charge is 2.31. The van der Waals surface area contributed by atoms with E-state index < -0.39 is 5.60 Å². The minimum Gasteiger partial charge on any atom is -0.444 e. The zero-order valence-corrected chi connectivity index (χ0v) is 13.3. The maximum Gasteiger partial charge on any atom is 0.407 e. The fourth-order valence-electron chi connectivity index (χ4n) is 2.23. The second-order valence-corrected chi connectivity index (χ2v) is 7.33. The molecule has 1 saturated carbocycles. The molecule has 0 radical (unpaired) electrons. The molecule has 4 nitrogen and oxygen atoms in total. The number of thiophene rings is 1. The van der Waals surface area contributed by atoms with Gasteiger partial charge in [0.1, 0.15) is 5.60 Å². The van der Waals surface area contributed by atoms with E-state index in [9.17, 15) is 4.79 Å². The molecule has 0 bridgehead atoms. The van der Waals surface area contributed by atoms with Crippen LogP contribution >= 0.6 is 11.3 Å². The van der Waals surface area contributed by atoms with E-state index in [1.165, 1.54) is 4.88 Å². The van der Waals surface area contributed by atoms with Gasteiger partial charge in [0.25, 0.3) is 0 Å². The molecule has 0 unspecified atom stereocenters. The summed E-state index contributed by atoms with van der Waals surface area (Å²) in [5, 5.41) is 8.54. The summed E-state index contributed by atoms with van der Waals surface area (Å²) in [4.78, 5) is 13.0. The third-order valence-corrected chi connectivity index (χ3v) is 4.18. The standard InChI is InChI=1S/C15H24N2O2S/c1-15(2,3)19-14(18)17-12-9-11(10-12)16-7-6-13-5-4-8-20-13/h4-5,8,11-12,16H,6-7,9-10H2,1-3H3,(H,17,18). The van der Waals surface area contributed by atoms with Crippen molar-refractivity contribution in [1.29, 1.82) is 0 Å². The highest BCUT2D eigenvalue weighted by atomic mass is 32.1. The average Bonchev–Trinajstić information content (AvgIpc) is 2.75. The Hall–Kier alpha value is -1.07. The van der Waals surface area contributed by atoms with Crippen molar-refractivity contribution in [3.8, 4) is 0 Å². The van der Waals surface area contributed by atoms with Crippen LogP contribution in [0.4, 0.5) is 4.79 Å². The van der Waals surface area contributed by atoms with Crippen molar-refractivity contribution < 1.29 is 9.53 Å². The Morgan fingerprint density at radius 1 is 1.40 bits per heavy atom. The van der Waals surface area contributed by atoms with Gasteiger partial charge in [-0.05, 0) is 51.5 Å². The van der Waals surface area contributed by atoms with E-state index in [0.717, 1.165) is 25.8 Å². The first-order valence-corrected chi connectivity index (χ1v) is 8.05. The van der Waals surface area contributed by atoms with E-state index in [4.69, 9.17) is 4.74 Å². The number of rotatable bonds is 5. The highest BCUT2D eigenvalue weighted by molar-refractivity contribution is 7.09. The highest BCUT2D eigenvalue weighted by Crippen LogP contribution is 2.20. The van der Waals surface area contributed by atoms with Crippen molar-refractivity contribution in [2.24, 2.45) is 0 Å². The lowest BCUT2D eigenvalue weighted by atomic mass is 9.87. The van der Waals surface area contributed by atoms with Crippen molar-refractivity contribution in [2.45, 2.75) is 57.7 Å². The van der Waals surface area contributed by atoms with Gasteiger partial charge < -0.3 is 15.4 Å². The van der Waals surface area contributed by atoms with E-state index >= 15 is 0 Å². The van der Waals surface area contributed by atoms with Gasteiger partial charge in [-0.3, -0.25) is 0 Å². The van der Waals surface area contributed by atoms with Crippen LogP contribution < -0.4 is 10.6 Å². The maximum atomic E-state index is 11.6. The third-order valence-electron chi connectivity index (χ3n) is 3.24. The normalized spacial score (nSPS) is 22.1. The van der Waals surface area contributed by atoms with Crippen LogP contribution in [0, 0.1) is 0 Å². The van der Waals surface area contributed by atoms with Gasteiger partial charge in [-0.2, -0.15) is 0 Å². The monoisotopic (exact) mass is 296 g/mol. The van der Waals surface area contributed by atoms with Gasteiger partial charge in [-0.25, -0.2) is 4.79 Å². The Kier molecular flexibility index (Phi) is 5.05. The fourth-order valence-corrected chi connectivity index (χ4v) is 2.94. The predicted molar refractivity (Wildman–Crippen MR) is 82.2 cm³/mol. The molecule has 1 aromatic heterocycles. The SMILES string of the molecule is CC(C)(C)OC(=O)NC1CC(NCCc2cccs2)C1. The summed E-state index contributed by atoms with van der Waals surface area (Å²) < 4.78 is 5.24. The molecular formula is C15H24N2O2S. The van der Waals surface area contributed by atoms with Gasteiger partial charge in [-0.15, -0.1) is 11.3 Å². The summed E-state index contributed by atoms with van der Waals surface area (Å²) in [5.74, 6) is 0. The number of amides is 1. The largest absolute Gasteiger partial charge is 0.444 e. The Morgan fingerprint density at radius 2 is 2.15 bits per heavy atom. The van der Waals surface area contributed by atoms with E-state index in [2.05, 4.69) is 28.1 Å². The van der Waals surface area contributed by atoms with Crippen LogP contribution in [-0.4, -0.2) is 30.3 Å². The van der Waals surface area contributed by atoms with Crippen LogP contribution in [-0.2, 0) is 11.2 Å². The van der Waals surface area contributed by atoms with E-state index in [-0.39, 0.29) is 12.1 Å². The Morgan fingerprint density at radius 3 is 2.75 bits per heavy atom. The summed E-state index contributed by atoms with van der Waals surface area (Å²) in [6.45, 7) is 6.64. The van der Waals surface area contributed by atoms with E-state index in [0.29, 0.717) is 6.04 Å². The summed E-state index contributed by atoms with van der Waals surface area (Å²) in [5.41, 5.74) is -0.424. The Balaban J connectivity index is 1.55. The van der Waals surface area contributed by atoms with E-state index in [1.807, 2.05) is 20.8 Å². The van der Waals surface area contributed by atoms with Crippen molar-refractivity contribution in [2.75, 3.05) is 6.54 Å². The van der Waals surface area contributed by atoms with Crippen molar-refractivity contribution in [3.63, 3.8) is 0 Å². The number of hydrogen-bond donors (Lipinski definition) is 2. The molecule has 2 N–H and O–H groups in total. The van der Waals surface area contributed by atoms with Gasteiger partial charge in [0, 0.05) is 23.5 Å². The number of carbonyl (C=O) groups is 1. The van der Waals surface area contributed by atoms with Gasteiger partial charge in [0.2, 0.25) is 0 Å². The molecule has 1 amide bonds. The number of carbonyl (C=O) groups excluding carboxylic acids is 1. The maximum absolute atomic E-state index is 11.6. The molecule has 1 aliphatic rings. The molecule has 0 aliphatic heterocycles. The van der Waals surface area contributed by atoms with Crippen LogP contribution in [0.3, 0.4) is 0 Å².